The number of rotatable bonds is 6. The largest absolute Gasteiger partial charge is 0.497 e. The Kier molecular flexibility index (Phi) is 5.25. The third-order valence-corrected chi connectivity index (χ3v) is 5.36. The van der Waals surface area contributed by atoms with Gasteiger partial charge in [0.05, 0.1) is 32.7 Å². The van der Waals surface area contributed by atoms with Crippen LogP contribution in [0.2, 0.25) is 0 Å². The van der Waals surface area contributed by atoms with Crippen LogP contribution in [0.4, 0.5) is 0 Å². The summed E-state index contributed by atoms with van der Waals surface area (Å²) in [4.78, 5) is 24.0. The highest BCUT2D eigenvalue weighted by Gasteiger charge is 2.24. The van der Waals surface area contributed by atoms with E-state index >= 15 is 0 Å². The number of carbonyl (C=O) groups is 1. The van der Waals surface area contributed by atoms with Crippen LogP contribution < -0.4 is 9.47 Å². The monoisotopic (exact) mass is 380 g/mol. The molecule has 0 amide bonds. The Bertz CT molecular complexity index is 977. The Morgan fingerprint density at radius 2 is 1.96 bits per heavy atom. The lowest BCUT2D eigenvalue weighted by atomic mass is 10.0. The highest BCUT2D eigenvalue weighted by Crippen LogP contribution is 2.27. The number of fused-ring (bicyclic) bond motifs is 1. The zero-order valence-corrected chi connectivity index (χ0v) is 16.2. The van der Waals surface area contributed by atoms with Crippen LogP contribution in [-0.2, 0) is 0 Å². The smallest absolute Gasteiger partial charge is 0.180 e. The van der Waals surface area contributed by atoms with E-state index in [-0.39, 0.29) is 5.78 Å². The third kappa shape index (κ3) is 3.57. The number of piperidine rings is 1. The summed E-state index contributed by atoms with van der Waals surface area (Å²) in [5, 5.41) is 0. The van der Waals surface area contributed by atoms with Gasteiger partial charge in [-0.1, -0.05) is 0 Å². The number of aromatic nitrogens is 3. The molecular formula is C21H24N4O3. The van der Waals surface area contributed by atoms with E-state index in [1.165, 1.54) is 0 Å². The summed E-state index contributed by atoms with van der Waals surface area (Å²) in [7, 11) is 3.17. The van der Waals surface area contributed by atoms with Crippen LogP contribution in [-0.4, -0.2) is 59.1 Å². The van der Waals surface area contributed by atoms with Gasteiger partial charge in [-0.15, -0.1) is 0 Å². The Morgan fingerprint density at radius 1 is 1.14 bits per heavy atom. The molecule has 3 heterocycles. The Morgan fingerprint density at radius 3 is 2.71 bits per heavy atom. The normalized spacial score (nSPS) is 15.6. The Labute approximate surface area is 163 Å². The van der Waals surface area contributed by atoms with Crippen molar-refractivity contribution in [1.29, 1.82) is 0 Å². The molecule has 0 spiro atoms. The van der Waals surface area contributed by atoms with Crippen molar-refractivity contribution in [3.8, 4) is 11.5 Å². The first kappa shape index (κ1) is 18.4. The summed E-state index contributed by atoms with van der Waals surface area (Å²) in [5.74, 6) is 1.28. The van der Waals surface area contributed by atoms with Gasteiger partial charge in [-0.2, -0.15) is 0 Å². The molecule has 1 aromatic carbocycles. The van der Waals surface area contributed by atoms with Crippen LogP contribution in [0.5, 0.6) is 11.5 Å². The van der Waals surface area contributed by atoms with Gasteiger partial charge in [0.15, 0.2) is 11.4 Å². The second-order valence-electron chi connectivity index (χ2n) is 6.99. The molecule has 7 heteroatoms. The fourth-order valence-electron chi connectivity index (χ4n) is 3.81. The van der Waals surface area contributed by atoms with Gasteiger partial charge >= 0.3 is 0 Å². The molecule has 0 atom stereocenters. The van der Waals surface area contributed by atoms with Gasteiger partial charge < -0.3 is 14.0 Å². The van der Waals surface area contributed by atoms with E-state index in [9.17, 15) is 4.79 Å². The van der Waals surface area contributed by atoms with E-state index in [4.69, 9.17) is 9.47 Å². The van der Waals surface area contributed by atoms with Crippen LogP contribution >= 0.6 is 0 Å². The topological polar surface area (TPSA) is 69.5 Å². The van der Waals surface area contributed by atoms with E-state index < -0.39 is 0 Å². The number of pyridine rings is 1. The van der Waals surface area contributed by atoms with Gasteiger partial charge in [-0.25, -0.2) is 9.97 Å². The van der Waals surface area contributed by atoms with Crippen molar-refractivity contribution in [3.05, 3.63) is 48.4 Å². The quantitative estimate of drug-likeness (QED) is 0.613. The van der Waals surface area contributed by atoms with Crippen LogP contribution in [0.3, 0.4) is 0 Å². The molecule has 2 aromatic heterocycles. The molecule has 4 rings (SSSR count). The summed E-state index contributed by atoms with van der Waals surface area (Å²) < 4.78 is 12.8. The average Bonchev–Trinajstić information content (AvgIpc) is 3.18. The minimum atomic E-state index is 0.0453. The molecule has 0 unspecified atom stereocenters. The molecule has 0 saturated carbocycles. The summed E-state index contributed by atoms with van der Waals surface area (Å²) >= 11 is 0. The number of likely N-dealkylation sites (tertiary alicyclic amines) is 1. The number of ketones is 1. The van der Waals surface area contributed by atoms with E-state index in [1.54, 1.807) is 38.6 Å². The van der Waals surface area contributed by atoms with Gasteiger partial charge in [0.25, 0.3) is 0 Å². The van der Waals surface area contributed by atoms with Crippen LogP contribution in [0.25, 0.3) is 11.2 Å². The van der Waals surface area contributed by atoms with Crippen LogP contribution in [0.1, 0.15) is 29.2 Å². The van der Waals surface area contributed by atoms with Crippen molar-refractivity contribution in [1.82, 2.24) is 19.4 Å². The van der Waals surface area contributed by atoms with Crippen molar-refractivity contribution in [2.24, 2.45) is 0 Å². The minimum Gasteiger partial charge on any atom is -0.497 e. The maximum Gasteiger partial charge on any atom is 0.180 e. The molecule has 1 fully saturated rings. The Hall–Kier alpha value is -2.93. The van der Waals surface area contributed by atoms with Crippen molar-refractivity contribution < 1.29 is 14.3 Å². The maximum absolute atomic E-state index is 12.8. The van der Waals surface area contributed by atoms with Crippen molar-refractivity contribution in [2.75, 3.05) is 33.9 Å². The standard InChI is InChI=1S/C21H24N4O3/c1-27-16-5-6-20(28-2)17(12-16)19(26)13-24-10-7-15(8-11-24)25-14-23-18-4-3-9-22-21(18)25/h3-6,9,12,14-15H,7-8,10-11,13H2,1-2H3. The highest BCUT2D eigenvalue weighted by atomic mass is 16.5. The lowest BCUT2D eigenvalue weighted by Gasteiger charge is -2.32. The SMILES string of the molecule is COc1ccc(OC)c(C(=O)CN2CCC(n3cnc4cccnc43)CC2)c1. The molecule has 0 aliphatic carbocycles. The lowest BCUT2D eigenvalue weighted by Crippen LogP contribution is -2.38. The van der Waals surface area contributed by atoms with E-state index in [0.717, 1.165) is 37.1 Å². The number of hydrogen-bond acceptors (Lipinski definition) is 6. The van der Waals surface area contributed by atoms with Crippen molar-refractivity contribution in [3.63, 3.8) is 0 Å². The van der Waals surface area contributed by atoms with Gasteiger partial charge in [0.2, 0.25) is 0 Å². The van der Waals surface area contributed by atoms with E-state index in [0.29, 0.717) is 29.6 Å². The highest BCUT2D eigenvalue weighted by molar-refractivity contribution is 6.00. The second kappa shape index (κ2) is 7.98. The first-order valence-electron chi connectivity index (χ1n) is 9.44. The molecule has 3 aromatic rings. The molecule has 7 nitrogen and oxygen atoms in total. The zero-order valence-electron chi connectivity index (χ0n) is 16.2. The maximum atomic E-state index is 12.8. The summed E-state index contributed by atoms with van der Waals surface area (Å²) in [6.45, 7) is 2.09. The van der Waals surface area contributed by atoms with Crippen molar-refractivity contribution in [2.45, 2.75) is 18.9 Å². The number of nitrogens with zero attached hydrogens (tertiary/aromatic N) is 4. The average molecular weight is 380 g/mol. The number of hydrogen-bond donors (Lipinski definition) is 0. The Balaban J connectivity index is 1.41. The van der Waals surface area contributed by atoms with E-state index in [1.807, 2.05) is 18.5 Å². The van der Waals surface area contributed by atoms with E-state index in [2.05, 4.69) is 19.4 Å². The summed E-state index contributed by atoms with van der Waals surface area (Å²) in [6.07, 6.45) is 5.61. The first-order valence-corrected chi connectivity index (χ1v) is 9.44. The predicted molar refractivity (Wildman–Crippen MR) is 106 cm³/mol. The first-order chi connectivity index (χ1) is 13.7. The van der Waals surface area contributed by atoms with Gasteiger partial charge in [-0.3, -0.25) is 9.69 Å². The molecule has 146 valence electrons. The number of ether oxygens (including phenoxy) is 2. The second-order valence-corrected chi connectivity index (χ2v) is 6.99. The van der Waals surface area contributed by atoms with Crippen LogP contribution in [0, 0.1) is 0 Å². The molecule has 0 N–H and O–H groups in total. The fraction of sp³-hybridized carbons (Fsp3) is 0.381. The van der Waals surface area contributed by atoms with Gasteiger partial charge in [0, 0.05) is 25.3 Å². The minimum absolute atomic E-state index is 0.0453. The molecule has 0 radical (unpaired) electrons. The van der Waals surface area contributed by atoms with Gasteiger partial charge in [0.1, 0.15) is 17.0 Å². The molecular weight excluding hydrogens is 356 g/mol. The zero-order chi connectivity index (χ0) is 19.5. The van der Waals surface area contributed by atoms with Crippen LogP contribution in [0.15, 0.2) is 42.9 Å². The molecule has 28 heavy (non-hydrogen) atoms. The molecule has 1 aliphatic heterocycles. The van der Waals surface area contributed by atoms with Gasteiger partial charge in [-0.05, 0) is 43.2 Å². The summed E-state index contributed by atoms with van der Waals surface area (Å²) in [5.41, 5.74) is 2.41. The fourth-order valence-corrected chi connectivity index (χ4v) is 3.81. The predicted octanol–water partition coefficient (Wildman–Crippen LogP) is 2.97. The summed E-state index contributed by atoms with van der Waals surface area (Å²) in [6, 6.07) is 9.56. The molecule has 1 aliphatic rings. The molecule has 0 bridgehead atoms. The van der Waals surface area contributed by atoms with Crippen molar-refractivity contribution >= 4 is 16.9 Å². The number of imidazole rings is 1. The lowest BCUT2D eigenvalue weighted by molar-refractivity contribution is 0.0895. The number of benzene rings is 1. The number of methoxy groups -OCH3 is 2. The molecule has 1 saturated heterocycles. The number of carbonyl (C=O) groups excluding carboxylic acids is 1. The number of Topliss-reactive ketones (excluding diaryl/α,β-unsaturated/α-hetero) is 1. The third-order valence-electron chi connectivity index (χ3n) is 5.36.